The van der Waals surface area contributed by atoms with Crippen LogP contribution in [-0.2, 0) is 0 Å². The van der Waals surface area contributed by atoms with E-state index in [1.807, 2.05) is 6.07 Å². The third kappa shape index (κ3) is 4.89. The lowest BCUT2D eigenvalue weighted by atomic mass is 9.92. The van der Waals surface area contributed by atoms with Crippen molar-refractivity contribution in [2.24, 2.45) is 11.8 Å². The first-order valence-electron chi connectivity index (χ1n) is 7.61. The molecular weight excluding hydrogens is 302 g/mol. The molecule has 2 rings (SSSR count). The van der Waals surface area contributed by atoms with Crippen LogP contribution < -0.4 is 9.47 Å². The number of para-hydroxylation sites is 1. The van der Waals surface area contributed by atoms with E-state index in [-0.39, 0.29) is 12.4 Å². The van der Waals surface area contributed by atoms with Crippen molar-refractivity contribution in [3.05, 3.63) is 23.8 Å². The molecule has 0 saturated carbocycles. The second-order valence-corrected chi connectivity index (χ2v) is 6.05. The number of nitrogens with zero attached hydrogens (tertiary/aromatic N) is 1. The summed E-state index contributed by atoms with van der Waals surface area (Å²) in [6.45, 7) is 8.30. The second kappa shape index (κ2) is 9.01. The Labute approximate surface area is 139 Å². The maximum Gasteiger partial charge on any atom is 0.171 e. The van der Waals surface area contributed by atoms with Crippen molar-refractivity contribution in [1.82, 2.24) is 4.90 Å². The summed E-state index contributed by atoms with van der Waals surface area (Å²) in [6, 6.07) is 5.35. The van der Waals surface area contributed by atoms with E-state index in [2.05, 4.69) is 18.7 Å². The summed E-state index contributed by atoms with van der Waals surface area (Å²) in [6.07, 6.45) is 2.11. The standard InChI is InChI=1S/C17H25NO3.ClH/c1-13-9-14(2)11-18(10-13)7-8-21-17-15(12-19)5-4-6-16(17)20-3;/h4-6,12-14H,7-11H2,1-3H3;1H. The van der Waals surface area contributed by atoms with E-state index in [0.717, 1.165) is 37.8 Å². The average Bonchev–Trinajstić information content (AvgIpc) is 2.46. The number of benzene rings is 1. The molecular formula is C17H26ClNO3. The Morgan fingerprint density at radius 2 is 1.95 bits per heavy atom. The fraction of sp³-hybridized carbons (Fsp3) is 0.588. The fourth-order valence-corrected chi connectivity index (χ4v) is 3.19. The predicted molar refractivity (Wildman–Crippen MR) is 90.5 cm³/mol. The fourth-order valence-electron chi connectivity index (χ4n) is 3.19. The summed E-state index contributed by atoms with van der Waals surface area (Å²) in [4.78, 5) is 13.5. The SMILES string of the molecule is COc1cccc(C=O)c1OCCN1CC(C)CC(C)C1.Cl. The Kier molecular flexibility index (Phi) is 7.69. The number of hydrogen-bond donors (Lipinski definition) is 0. The highest BCUT2D eigenvalue weighted by Gasteiger charge is 2.21. The van der Waals surface area contributed by atoms with Gasteiger partial charge in [-0.25, -0.2) is 0 Å². The molecule has 124 valence electrons. The Morgan fingerprint density at radius 3 is 2.55 bits per heavy atom. The van der Waals surface area contributed by atoms with Gasteiger partial charge < -0.3 is 9.47 Å². The molecule has 2 atom stereocenters. The van der Waals surface area contributed by atoms with Gasteiger partial charge in [-0.15, -0.1) is 12.4 Å². The summed E-state index contributed by atoms with van der Waals surface area (Å²) in [7, 11) is 1.59. The van der Waals surface area contributed by atoms with E-state index in [4.69, 9.17) is 9.47 Å². The lowest BCUT2D eigenvalue weighted by Crippen LogP contribution is -2.40. The van der Waals surface area contributed by atoms with Gasteiger partial charge in [0.2, 0.25) is 0 Å². The minimum absolute atomic E-state index is 0. The molecule has 1 heterocycles. The summed E-state index contributed by atoms with van der Waals surface area (Å²) in [5, 5.41) is 0. The number of piperidine rings is 1. The van der Waals surface area contributed by atoms with Crippen LogP contribution >= 0.6 is 12.4 Å². The van der Waals surface area contributed by atoms with Crippen molar-refractivity contribution in [2.75, 3.05) is 33.4 Å². The van der Waals surface area contributed by atoms with Gasteiger partial charge in [-0.2, -0.15) is 0 Å². The molecule has 1 fully saturated rings. The van der Waals surface area contributed by atoms with Crippen LogP contribution in [0, 0.1) is 11.8 Å². The molecule has 1 aromatic carbocycles. The molecule has 1 aliphatic rings. The molecule has 0 aromatic heterocycles. The quantitative estimate of drug-likeness (QED) is 0.752. The van der Waals surface area contributed by atoms with E-state index < -0.39 is 0 Å². The van der Waals surface area contributed by atoms with E-state index in [9.17, 15) is 4.79 Å². The van der Waals surface area contributed by atoms with Crippen molar-refractivity contribution < 1.29 is 14.3 Å². The molecule has 2 unspecified atom stereocenters. The molecule has 1 aromatic rings. The highest BCUT2D eigenvalue weighted by molar-refractivity contribution is 5.85. The minimum atomic E-state index is 0. The number of carbonyl (C=O) groups is 1. The van der Waals surface area contributed by atoms with Crippen LogP contribution in [0.4, 0.5) is 0 Å². The van der Waals surface area contributed by atoms with Gasteiger partial charge in [0.25, 0.3) is 0 Å². The van der Waals surface area contributed by atoms with Crippen LogP contribution in [0.25, 0.3) is 0 Å². The summed E-state index contributed by atoms with van der Waals surface area (Å²) in [5.74, 6) is 2.64. The number of ether oxygens (including phenoxy) is 2. The van der Waals surface area contributed by atoms with Gasteiger partial charge in [-0.1, -0.05) is 19.9 Å². The minimum Gasteiger partial charge on any atom is -0.493 e. The number of carbonyl (C=O) groups excluding carboxylic acids is 1. The zero-order chi connectivity index (χ0) is 15.2. The number of likely N-dealkylation sites (tertiary alicyclic amines) is 1. The molecule has 0 spiro atoms. The van der Waals surface area contributed by atoms with Crippen LogP contribution in [0.2, 0.25) is 0 Å². The molecule has 0 bridgehead atoms. The van der Waals surface area contributed by atoms with Crippen LogP contribution in [0.5, 0.6) is 11.5 Å². The predicted octanol–water partition coefficient (Wildman–Crippen LogP) is 3.29. The van der Waals surface area contributed by atoms with Crippen LogP contribution in [-0.4, -0.2) is 44.5 Å². The first-order chi connectivity index (χ1) is 10.1. The molecule has 0 amide bonds. The van der Waals surface area contributed by atoms with Crippen molar-refractivity contribution in [3.8, 4) is 11.5 Å². The first kappa shape index (κ1) is 18.8. The lowest BCUT2D eigenvalue weighted by molar-refractivity contribution is 0.110. The summed E-state index contributed by atoms with van der Waals surface area (Å²) in [5.41, 5.74) is 0.537. The third-order valence-corrected chi connectivity index (χ3v) is 3.95. The molecule has 0 N–H and O–H groups in total. The van der Waals surface area contributed by atoms with Crippen molar-refractivity contribution in [1.29, 1.82) is 0 Å². The summed E-state index contributed by atoms with van der Waals surface area (Å²) >= 11 is 0. The number of hydrogen-bond acceptors (Lipinski definition) is 4. The molecule has 1 saturated heterocycles. The number of aldehydes is 1. The van der Waals surface area contributed by atoms with E-state index in [0.29, 0.717) is 23.7 Å². The van der Waals surface area contributed by atoms with Crippen molar-refractivity contribution in [2.45, 2.75) is 20.3 Å². The molecule has 1 aliphatic heterocycles. The normalized spacial score (nSPS) is 21.8. The maximum absolute atomic E-state index is 11.1. The highest BCUT2D eigenvalue weighted by atomic mass is 35.5. The van der Waals surface area contributed by atoms with Gasteiger partial charge >= 0.3 is 0 Å². The number of methoxy groups -OCH3 is 1. The number of rotatable bonds is 6. The average molecular weight is 328 g/mol. The van der Waals surface area contributed by atoms with Crippen LogP contribution in [0.1, 0.15) is 30.6 Å². The topological polar surface area (TPSA) is 38.8 Å². The largest absolute Gasteiger partial charge is 0.493 e. The third-order valence-electron chi connectivity index (χ3n) is 3.95. The van der Waals surface area contributed by atoms with E-state index in [1.165, 1.54) is 6.42 Å². The highest BCUT2D eigenvalue weighted by Crippen LogP contribution is 2.30. The van der Waals surface area contributed by atoms with Crippen molar-refractivity contribution in [3.63, 3.8) is 0 Å². The van der Waals surface area contributed by atoms with Crippen LogP contribution in [0.3, 0.4) is 0 Å². The number of halogens is 1. The van der Waals surface area contributed by atoms with Gasteiger partial charge in [0.05, 0.1) is 12.7 Å². The van der Waals surface area contributed by atoms with Crippen molar-refractivity contribution >= 4 is 18.7 Å². The van der Waals surface area contributed by atoms with E-state index in [1.54, 1.807) is 19.2 Å². The van der Waals surface area contributed by atoms with Gasteiger partial charge in [-0.3, -0.25) is 9.69 Å². The zero-order valence-electron chi connectivity index (χ0n) is 13.6. The first-order valence-corrected chi connectivity index (χ1v) is 7.61. The van der Waals surface area contributed by atoms with Gasteiger partial charge in [-0.05, 0) is 30.4 Å². The Morgan fingerprint density at radius 1 is 1.27 bits per heavy atom. The van der Waals surface area contributed by atoms with Gasteiger partial charge in [0.1, 0.15) is 6.61 Å². The van der Waals surface area contributed by atoms with Crippen LogP contribution in [0.15, 0.2) is 18.2 Å². The second-order valence-electron chi connectivity index (χ2n) is 6.05. The zero-order valence-corrected chi connectivity index (χ0v) is 14.4. The smallest absolute Gasteiger partial charge is 0.171 e. The monoisotopic (exact) mass is 327 g/mol. The molecule has 22 heavy (non-hydrogen) atoms. The maximum atomic E-state index is 11.1. The Hall–Kier alpha value is -1.26. The van der Waals surface area contributed by atoms with E-state index >= 15 is 0 Å². The molecule has 5 heteroatoms. The molecule has 0 aliphatic carbocycles. The summed E-state index contributed by atoms with van der Waals surface area (Å²) < 4.78 is 11.1. The lowest BCUT2D eigenvalue weighted by Gasteiger charge is -2.34. The van der Waals surface area contributed by atoms with Gasteiger partial charge in [0.15, 0.2) is 17.8 Å². The molecule has 4 nitrogen and oxygen atoms in total. The molecule has 0 radical (unpaired) electrons. The van der Waals surface area contributed by atoms with Gasteiger partial charge in [0, 0.05) is 19.6 Å². The Balaban J connectivity index is 0.00000242. The Bertz CT molecular complexity index is 471.